The molecule has 2 aromatic carbocycles. The highest BCUT2D eigenvalue weighted by molar-refractivity contribution is 6.43. The third kappa shape index (κ3) is 7.21. The van der Waals surface area contributed by atoms with Gasteiger partial charge in [-0.05, 0) is 36.4 Å². The number of aromatic nitrogens is 2. The number of hydrogen-bond donors (Lipinski definition) is 3. The number of halogens is 3. The number of carbonyl (C=O) groups is 3. The second-order valence-corrected chi connectivity index (χ2v) is 7.99. The molecule has 0 saturated carbocycles. The van der Waals surface area contributed by atoms with Gasteiger partial charge in [0, 0.05) is 31.4 Å². The first kappa shape index (κ1) is 27.0. The average molecular weight is 531 g/mol. The predicted molar refractivity (Wildman–Crippen MR) is 134 cm³/mol. The molecule has 192 valence electrons. The lowest BCUT2D eigenvalue weighted by atomic mass is 10.1. The van der Waals surface area contributed by atoms with Crippen LogP contribution in [0.3, 0.4) is 0 Å². The molecule has 0 aliphatic carbocycles. The number of benzene rings is 2. The Bertz CT molecular complexity index is 1370. The van der Waals surface area contributed by atoms with Crippen molar-refractivity contribution in [1.82, 2.24) is 14.9 Å². The van der Waals surface area contributed by atoms with Crippen LogP contribution in [0.2, 0.25) is 5.02 Å². The molecule has 0 atom stereocenters. The van der Waals surface area contributed by atoms with Gasteiger partial charge >= 0.3 is 6.61 Å². The number of hydrogen-bond acceptors (Lipinski definition) is 8. The summed E-state index contributed by atoms with van der Waals surface area (Å²) in [6.07, 6.45) is 3.53. The van der Waals surface area contributed by atoms with Gasteiger partial charge in [-0.2, -0.15) is 13.8 Å². The van der Waals surface area contributed by atoms with Crippen LogP contribution in [0.1, 0.15) is 15.9 Å². The standard InChI is InChI=1S/C24H21ClF2N6O4/c1-33(2)22(36)20(35)15-5-3-4-6-17(15)31-21-16(25)12-29-24(32-21)30-14-8-9-18(37-23(26)27)13(11-14)7-10-19(28)34/h3-12,23H,1-2H3,(H2,28,34)(H2,29,30,31,32). The van der Waals surface area contributed by atoms with Crippen LogP contribution in [0.15, 0.2) is 54.7 Å². The summed E-state index contributed by atoms with van der Waals surface area (Å²) in [5.74, 6) is -2.18. The highest BCUT2D eigenvalue weighted by Gasteiger charge is 2.21. The summed E-state index contributed by atoms with van der Waals surface area (Å²) in [4.78, 5) is 45.4. The summed E-state index contributed by atoms with van der Waals surface area (Å²) in [6, 6.07) is 10.5. The summed E-state index contributed by atoms with van der Waals surface area (Å²) in [5, 5.41) is 5.95. The fourth-order valence-electron chi connectivity index (χ4n) is 3.01. The van der Waals surface area contributed by atoms with Crippen molar-refractivity contribution in [3.05, 3.63) is 70.9 Å². The van der Waals surface area contributed by atoms with E-state index in [1.807, 2.05) is 0 Å². The molecule has 0 fully saturated rings. The Morgan fingerprint density at radius 2 is 1.86 bits per heavy atom. The van der Waals surface area contributed by atoms with Crippen molar-refractivity contribution < 1.29 is 27.9 Å². The van der Waals surface area contributed by atoms with Crippen molar-refractivity contribution in [2.45, 2.75) is 6.61 Å². The van der Waals surface area contributed by atoms with Crippen LogP contribution in [0.25, 0.3) is 6.08 Å². The first-order chi connectivity index (χ1) is 17.5. The first-order valence-electron chi connectivity index (χ1n) is 10.5. The van der Waals surface area contributed by atoms with E-state index in [1.54, 1.807) is 18.2 Å². The molecular weight excluding hydrogens is 510 g/mol. The third-order valence-corrected chi connectivity index (χ3v) is 4.96. The van der Waals surface area contributed by atoms with Crippen molar-refractivity contribution >= 4 is 58.4 Å². The smallest absolute Gasteiger partial charge is 0.387 e. The van der Waals surface area contributed by atoms with E-state index >= 15 is 0 Å². The third-order valence-electron chi connectivity index (χ3n) is 4.68. The number of likely N-dealkylation sites (N-methyl/N-ethyl adjacent to an activating group) is 1. The van der Waals surface area contributed by atoms with Crippen molar-refractivity contribution in [3.8, 4) is 5.75 Å². The summed E-state index contributed by atoms with van der Waals surface area (Å²) in [7, 11) is 2.94. The van der Waals surface area contributed by atoms with Crippen molar-refractivity contribution in [3.63, 3.8) is 0 Å². The van der Waals surface area contributed by atoms with Gasteiger partial charge in [0.1, 0.15) is 10.8 Å². The monoisotopic (exact) mass is 530 g/mol. The molecule has 10 nitrogen and oxygen atoms in total. The Morgan fingerprint density at radius 3 is 2.54 bits per heavy atom. The molecule has 2 amide bonds. The number of nitrogens with one attached hydrogen (secondary N) is 2. The van der Waals surface area contributed by atoms with Gasteiger partial charge in [0.2, 0.25) is 11.9 Å². The van der Waals surface area contributed by atoms with E-state index in [2.05, 4.69) is 25.3 Å². The second-order valence-electron chi connectivity index (χ2n) is 7.58. The molecule has 37 heavy (non-hydrogen) atoms. The first-order valence-corrected chi connectivity index (χ1v) is 10.9. The topological polar surface area (TPSA) is 140 Å². The number of anilines is 4. The van der Waals surface area contributed by atoms with Crippen LogP contribution in [0, 0.1) is 0 Å². The lowest BCUT2D eigenvalue weighted by Gasteiger charge is -2.15. The summed E-state index contributed by atoms with van der Waals surface area (Å²) < 4.78 is 29.9. The quantitative estimate of drug-likeness (QED) is 0.203. The molecule has 1 heterocycles. The molecule has 3 rings (SSSR count). The number of amides is 2. The van der Waals surface area contributed by atoms with Gasteiger partial charge in [-0.1, -0.05) is 23.7 Å². The van der Waals surface area contributed by atoms with Crippen LogP contribution in [0.4, 0.5) is 31.9 Å². The van der Waals surface area contributed by atoms with E-state index in [0.717, 1.165) is 6.08 Å². The summed E-state index contributed by atoms with van der Waals surface area (Å²) >= 11 is 6.24. The number of primary amides is 1. The molecule has 0 aliphatic rings. The zero-order valence-electron chi connectivity index (χ0n) is 19.5. The van der Waals surface area contributed by atoms with E-state index in [0.29, 0.717) is 11.4 Å². The average Bonchev–Trinajstić information content (AvgIpc) is 2.85. The van der Waals surface area contributed by atoms with Crippen LogP contribution < -0.4 is 21.1 Å². The van der Waals surface area contributed by atoms with Crippen molar-refractivity contribution in [2.75, 3.05) is 24.7 Å². The van der Waals surface area contributed by atoms with Gasteiger partial charge in [0.25, 0.3) is 11.7 Å². The van der Waals surface area contributed by atoms with Gasteiger partial charge in [-0.15, -0.1) is 0 Å². The Hall–Kier alpha value is -4.58. The number of nitrogens with zero attached hydrogens (tertiary/aromatic N) is 3. The van der Waals surface area contributed by atoms with E-state index in [9.17, 15) is 23.2 Å². The minimum Gasteiger partial charge on any atom is -0.434 e. The minimum absolute atomic E-state index is 0.0624. The highest BCUT2D eigenvalue weighted by Crippen LogP contribution is 2.29. The molecule has 0 saturated heterocycles. The van der Waals surface area contributed by atoms with Gasteiger partial charge in [-0.3, -0.25) is 14.4 Å². The fourth-order valence-corrected chi connectivity index (χ4v) is 3.15. The molecule has 0 unspecified atom stereocenters. The predicted octanol–water partition coefficient (Wildman–Crippen LogP) is 3.99. The van der Waals surface area contributed by atoms with Crippen LogP contribution in [0.5, 0.6) is 5.75 Å². The van der Waals surface area contributed by atoms with Crippen LogP contribution in [-0.4, -0.2) is 53.2 Å². The SMILES string of the molecule is CN(C)C(=O)C(=O)c1ccccc1Nc1nc(Nc2ccc(OC(F)F)c(C=CC(N)=O)c2)ncc1Cl. The highest BCUT2D eigenvalue weighted by atomic mass is 35.5. The van der Waals surface area contributed by atoms with Crippen LogP contribution in [-0.2, 0) is 9.59 Å². The molecule has 0 bridgehead atoms. The normalized spacial score (nSPS) is 10.9. The number of para-hydroxylation sites is 1. The lowest BCUT2D eigenvalue weighted by Crippen LogP contribution is -2.30. The number of alkyl halides is 2. The van der Waals surface area contributed by atoms with Gasteiger partial charge in [0.05, 0.1) is 17.4 Å². The Labute approximate surface area is 215 Å². The molecule has 0 radical (unpaired) electrons. The number of rotatable bonds is 10. The number of ether oxygens (including phenoxy) is 1. The van der Waals surface area contributed by atoms with E-state index < -0.39 is 24.2 Å². The zero-order chi connectivity index (χ0) is 27.1. The molecule has 3 aromatic rings. The molecular formula is C24H21ClF2N6O4. The van der Waals surface area contributed by atoms with E-state index in [-0.39, 0.29) is 33.7 Å². The Balaban J connectivity index is 1.90. The summed E-state index contributed by atoms with van der Waals surface area (Å²) in [6.45, 7) is -3.07. The maximum atomic E-state index is 12.7. The molecule has 0 aliphatic heterocycles. The minimum atomic E-state index is -3.07. The number of carbonyl (C=O) groups excluding carboxylic acids is 3. The number of Topliss-reactive ketones (excluding diaryl/α,β-unsaturated/α-hetero) is 1. The Morgan fingerprint density at radius 1 is 1.14 bits per heavy atom. The van der Waals surface area contributed by atoms with Crippen LogP contribution >= 0.6 is 11.6 Å². The fraction of sp³-hybridized carbons (Fsp3) is 0.125. The van der Waals surface area contributed by atoms with Gasteiger partial charge in [-0.25, -0.2) is 4.98 Å². The Kier molecular flexibility index (Phi) is 8.69. The maximum Gasteiger partial charge on any atom is 0.387 e. The molecule has 1 aromatic heterocycles. The second kappa shape index (κ2) is 11.9. The molecule has 13 heteroatoms. The van der Waals surface area contributed by atoms with Crippen molar-refractivity contribution in [1.29, 1.82) is 0 Å². The van der Waals surface area contributed by atoms with Gasteiger partial charge < -0.3 is 26.0 Å². The molecule has 4 N–H and O–H groups in total. The zero-order valence-corrected chi connectivity index (χ0v) is 20.3. The van der Waals surface area contributed by atoms with Crippen molar-refractivity contribution in [2.24, 2.45) is 5.73 Å². The van der Waals surface area contributed by atoms with E-state index in [1.165, 1.54) is 55.5 Å². The number of ketones is 1. The maximum absolute atomic E-state index is 12.7. The molecule has 0 spiro atoms. The summed E-state index contributed by atoms with van der Waals surface area (Å²) in [5.41, 5.74) is 6.02. The number of nitrogens with two attached hydrogens (primary N) is 1. The van der Waals surface area contributed by atoms with Gasteiger partial charge in [0.15, 0.2) is 5.82 Å². The largest absolute Gasteiger partial charge is 0.434 e. The van der Waals surface area contributed by atoms with E-state index in [4.69, 9.17) is 17.3 Å². The lowest BCUT2D eigenvalue weighted by molar-refractivity contribution is -0.124.